The van der Waals surface area contributed by atoms with Crippen molar-refractivity contribution in [1.29, 1.82) is 0 Å². The van der Waals surface area contributed by atoms with Gasteiger partial charge < -0.3 is 4.84 Å². The van der Waals surface area contributed by atoms with Crippen LogP contribution in [0.15, 0.2) is 59.8 Å². The Hall–Kier alpha value is -3.02. The summed E-state index contributed by atoms with van der Waals surface area (Å²) in [4.78, 5) is 27.0. The second kappa shape index (κ2) is 6.39. The average Bonchev–Trinajstić information content (AvgIpc) is 3.36. The van der Waals surface area contributed by atoms with Crippen LogP contribution in [0.1, 0.15) is 23.5 Å². The van der Waals surface area contributed by atoms with Gasteiger partial charge in [0.15, 0.2) is 0 Å². The molecule has 23 heavy (non-hydrogen) atoms. The first kappa shape index (κ1) is 14.9. The van der Waals surface area contributed by atoms with Gasteiger partial charge in [0.2, 0.25) is 0 Å². The van der Waals surface area contributed by atoms with Crippen LogP contribution < -0.4 is 0 Å². The molecule has 6 nitrogen and oxygen atoms in total. The van der Waals surface area contributed by atoms with Gasteiger partial charge in [0.05, 0.1) is 17.1 Å². The van der Waals surface area contributed by atoms with E-state index < -0.39 is 4.92 Å². The lowest BCUT2D eigenvalue weighted by Crippen LogP contribution is -2.04. The van der Waals surface area contributed by atoms with Crippen molar-refractivity contribution in [3.63, 3.8) is 0 Å². The van der Waals surface area contributed by atoms with Gasteiger partial charge in [-0.2, -0.15) is 0 Å². The lowest BCUT2D eigenvalue weighted by molar-refractivity contribution is -0.384. The van der Waals surface area contributed by atoms with Crippen LogP contribution >= 0.6 is 0 Å². The van der Waals surface area contributed by atoms with Crippen molar-refractivity contribution in [3.8, 4) is 0 Å². The SMILES string of the molecule is O=C(O/N=C/c1cccc([N+](=O)[O-])c1)[C@@H]1C[C@@H]1c1ccccc1. The average molecular weight is 310 g/mol. The molecule has 1 aliphatic carbocycles. The maximum absolute atomic E-state index is 11.9. The van der Waals surface area contributed by atoms with Crippen molar-refractivity contribution in [1.82, 2.24) is 0 Å². The zero-order valence-electron chi connectivity index (χ0n) is 12.2. The van der Waals surface area contributed by atoms with Crippen molar-refractivity contribution in [2.45, 2.75) is 12.3 Å². The zero-order valence-corrected chi connectivity index (χ0v) is 12.2. The summed E-state index contributed by atoms with van der Waals surface area (Å²) >= 11 is 0. The molecule has 6 heteroatoms. The van der Waals surface area contributed by atoms with E-state index in [0.29, 0.717) is 5.56 Å². The fourth-order valence-electron chi connectivity index (χ4n) is 2.45. The molecule has 1 aliphatic rings. The van der Waals surface area contributed by atoms with E-state index in [2.05, 4.69) is 5.16 Å². The summed E-state index contributed by atoms with van der Waals surface area (Å²) in [6.07, 6.45) is 2.06. The first-order chi connectivity index (χ1) is 11.1. The number of carbonyl (C=O) groups is 1. The Morgan fingerprint density at radius 3 is 2.74 bits per heavy atom. The molecule has 0 radical (unpaired) electrons. The highest BCUT2D eigenvalue weighted by Gasteiger charge is 2.45. The number of nitro benzene ring substituents is 1. The van der Waals surface area contributed by atoms with Crippen LogP contribution in [0.4, 0.5) is 5.69 Å². The van der Waals surface area contributed by atoms with E-state index in [-0.39, 0.29) is 23.5 Å². The van der Waals surface area contributed by atoms with Gasteiger partial charge in [-0.05, 0) is 17.9 Å². The van der Waals surface area contributed by atoms with E-state index in [0.717, 1.165) is 12.0 Å². The Balaban J connectivity index is 1.56. The van der Waals surface area contributed by atoms with Crippen LogP contribution in [0.3, 0.4) is 0 Å². The molecule has 2 aromatic carbocycles. The first-order valence-electron chi connectivity index (χ1n) is 7.19. The van der Waals surface area contributed by atoms with Gasteiger partial charge in [-0.15, -0.1) is 0 Å². The number of hydrogen-bond acceptors (Lipinski definition) is 5. The first-order valence-corrected chi connectivity index (χ1v) is 7.19. The maximum atomic E-state index is 11.9. The minimum atomic E-state index is -0.488. The van der Waals surface area contributed by atoms with E-state index in [1.807, 2.05) is 30.3 Å². The van der Waals surface area contributed by atoms with Gasteiger partial charge in [-0.1, -0.05) is 47.6 Å². The highest BCUT2D eigenvalue weighted by atomic mass is 16.7. The molecule has 116 valence electrons. The Kier molecular flexibility index (Phi) is 4.14. The van der Waals surface area contributed by atoms with E-state index in [1.54, 1.807) is 12.1 Å². The summed E-state index contributed by atoms with van der Waals surface area (Å²) in [5, 5.41) is 14.3. The molecular weight excluding hydrogens is 296 g/mol. The van der Waals surface area contributed by atoms with Gasteiger partial charge >= 0.3 is 5.97 Å². The molecule has 0 aromatic heterocycles. The molecule has 0 bridgehead atoms. The zero-order chi connectivity index (χ0) is 16.2. The third kappa shape index (κ3) is 3.60. The molecule has 2 atom stereocenters. The minimum absolute atomic E-state index is 0.0355. The molecule has 0 N–H and O–H groups in total. The van der Waals surface area contributed by atoms with Gasteiger partial charge in [0.25, 0.3) is 5.69 Å². The van der Waals surface area contributed by atoms with Gasteiger partial charge in [-0.25, -0.2) is 4.79 Å². The topological polar surface area (TPSA) is 81.8 Å². The third-order valence-electron chi connectivity index (χ3n) is 3.75. The summed E-state index contributed by atoms with van der Waals surface area (Å²) in [5.41, 5.74) is 1.59. The number of benzene rings is 2. The van der Waals surface area contributed by atoms with Crippen molar-refractivity contribution in [2.75, 3.05) is 0 Å². The van der Waals surface area contributed by atoms with Crippen LogP contribution in [0.25, 0.3) is 0 Å². The van der Waals surface area contributed by atoms with E-state index in [9.17, 15) is 14.9 Å². The molecule has 3 rings (SSSR count). The Morgan fingerprint density at radius 2 is 2.00 bits per heavy atom. The summed E-state index contributed by atoms with van der Waals surface area (Å²) in [5.74, 6) is -0.350. The molecule has 0 saturated heterocycles. The van der Waals surface area contributed by atoms with Crippen LogP contribution in [-0.4, -0.2) is 17.1 Å². The molecule has 0 unspecified atom stereocenters. The minimum Gasteiger partial charge on any atom is -0.318 e. The number of nitro groups is 1. The van der Waals surface area contributed by atoms with Crippen LogP contribution in [-0.2, 0) is 9.63 Å². The van der Waals surface area contributed by atoms with E-state index >= 15 is 0 Å². The standard InChI is InChI=1S/C17H14N2O4/c20-17(16-10-15(16)13-6-2-1-3-7-13)23-18-11-12-5-4-8-14(9-12)19(21)22/h1-9,11,15-16H,10H2/b18-11+/t15-,16-/m1/s1. The molecule has 2 aromatic rings. The number of nitrogens with zero attached hydrogens (tertiary/aromatic N) is 2. The third-order valence-corrected chi connectivity index (χ3v) is 3.75. The molecule has 0 spiro atoms. The van der Waals surface area contributed by atoms with Gasteiger partial charge in [0, 0.05) is 17.7 Å². The van der Waals surface area contributed by atoms with Gasteiger partial charge in [0.1, 0.15) is 0 Å². The normalized spacial score (nSPS) is 19.5. The quantitative estimate of drug-likeness (QED) is 0.367. The molecule has 0 heterocycles. The maximum Gasteiger partial charge on any atom is 0.338 e. The fraction of sp³-hybridized carbons (Fsp3) is 0.176. The summed E-state index contributed by atoms with van der Waals surface area (Å²) < 4.78 is 0. The summed E-state index contributed by atoms with van der Waals surface area (Å²) in [6.45, 7) is 0. The second-order valence-corrected chi connectivity index (χ2v) is 5.36. The van der Waals surface area contributed by atoms with Crippen molar-refractivity contribution >= 4 is 17.9 Å². The van der Waals surface area contributed by atoms with Crippen molar-refractivity contribution < 1.29 is 14.6 Å². The molecular formula is C17H14N2O4. The smallest absolute Gasteiger partial charge is 0.318 e. The number of rotatable bonds is 5. The molecule has 0 amide bonds. The van der Waals surface area contributed by atoms with Crippen LogP contribution in [0.2, 0.25) is 0 Å². The Morgan fingerprint density at radius 1 is 1.22 bits per heavy atom. The number of oxime groups is 1. The Labute approximate surface area is 132 Å². The molecule has 1 fully saturated rings. The second-order valence-electron chi connectivity index (χ2n) is 5.36. The highest BCUT2D eigenvalue weighted by Crippen LogP contribution is 2.48. The van der Waals surface area contributed by atoms with E-state index in [4.69, 9.17) is 4.84 Å². The van der Waals surface area contributed by atoms with Crippen molar-refractivity contribution in [2.24, 2.45) is 11.1 Å². The van der Waals surface area contributed by atoms with Crippen LogP contribution in [0, 0.1) is 16.0 Å². The highest BCUT2D eigenvalue weighted by molar-refractivity contribution is 5.82. The van der Waals surface area contributed by atoms with Crippen molar-refractivity contribution in [3.05, 3.63) is 75.8 Å². The number of carbonyl (C=O) groups excluding carboxylic acids is 1. The lowest BCUT2D eigenvalue weighted by Gasteiger charge is -1.98. The number of hydrogen-bond donors (Lipinski definition) is 0. The fourth-order valence-corrected chi connectivity index (χ4v) is 2.45. The summed E-state index contributed by atoms with van der Waals surface area (Å²) in [7, 11) is 0. The molecule has 1 saturated carbocycles. The van der Waals surface area contributed by atoms with Gasteiger partial charge in [-0.3, -0.25) is 10.1 Å². The lowest BCUT2D eigenvalue weighted by atomic mass is 10.1. The number of non-ortho nitro benzene ring substituents is 1. The molecule has 0 aliphatic heterocycles. The predicted molar refractivity (Wildman–Crippen MR) is 84.1 cm³/mol. The van der Waals surface area contributed by atoms with E-state index in [1.165, 1.54) is 18.3 Å². The Bertz CT molecular complexity index is 758. The largest absolute Gasteiger partial charge is 0.338 e. The predicted octanol–water partition coefficient (Wildman–Crippen LogP) is 3.28. The van der Waals surface area contributed by atoms with Crippen LogP contribution in [0.5, 0.6) is 0 Å². The summed E-state index contributed by atoms with van der Waals surface area (Å²) in [6, 6.07) is 15.7. The monoisotopic (exact) mass is 310 g/mol.